The van der Waals surface area contributed by atoms with E-state index in [4.69, 9.17) is 0 Å². The van der Waals surface area contributed by atoms with E-state index in [1.54, 1.807) is 0 Å². The van der Waals surface area contributed by atoms with Crippen molar-refractivity contribution in [2.45, 2.75) is 0 Å². The summed E-state index contributed by atoms with van der Waals surface area (Å²) < 4.78 is 0. The van der Waals surface area contributed by atoms with Gasteiger partial charge in [0.25, 0.3) is 5.91 Å². The van der Waals surface area contributed by atoms with Gasteiger partial charge in [0.15, 0.2) is 0 Å². The average molecular weight is 357 g/mol. The summed E-state index contributed by atoms with van der Waals surface area (Å²) in [6.45, 7) is 0. The van der Waals surface area contributed by atoms with E-state index < -0.39 is 0 Å². The van der Waals surface area contributed by atoms with Gasteiger partial charge in [0.1, 0.15) is 68.5 Å². The van der Waals surface area contributed by atoms with Gasteiger partial charge in [0.05, 0.1) is 5.57 Å². The molecular weight excluding hydrogens is 339 g/mol. The predicted molar refractivity (Wildman–Crippen MR) is 142 cm³/mol. The Labute approximate surface area is 172 Å². The van der Waals surface area contributed by atoms with Crippen LogP contribution in [0.3, 0.4) is 0 Å². The number of benzene rings is 2. The van der Waals surface area contributed by atoms with Gasteiger partial charge in [-0.05, 0) is 0 Å². The van der Waals surface area contributed by atoms with Crippen molar-refractivity contribution in [3.8, 4) is 0 Å². The summed E-state index contributed by atoms with van der Waals surface area (Å²) in [6.07, 6.45) is 0. The van der Waals surface area contributed by atoms with E-state index in [-0.39, 0.29) is 11.7 Å². The van der Waals surface area contributed by atoms with Crippen molar-refractivity contribution in [2.75, 3.05) is 10.6 Å². The molecule has 2 N–H and O–H groups in total. The summed E-state index contributed by atoms with van der Waals surface area (Å²) in [5.41, 5.74) is 12.9. The highest BCUT2D eigenvalue weighted by Gasteiger charge is 2.38. The van der Waals surface area contributed by atoms with Crippen molar-refractivity contribution >= 4 is 135 Å². The predicted octanol–water partition coefficient (Wildman–Crippen LogP) is -11.3. The first-order chi connectivity index (χ1) is 13.1. The number of fused-ring (bicyclic) bond motifs is 2. The molecule has 4 rings (SSSR count). The van der Waals surface area contributed by atoms with Crippen LogP contribution >= 0.6 is 0 Å². The minimum Gasteiger partial charge on any atom is -0.352 e. The van der Waals surface area contributed by atoms with E-state index in [0.717, 1.165) is 49.7 Å². The molecule has 2 aliphatic heterocycles. The molecule has 0 unspecified atom stereocenters. The first-order valence-corrected chi connectivity index (χ1v) is 9.66. The minimum atomic E-state index is -0.210. The van der Waals surface area contributed by atoms with Crippen LogP contribution in [0.5, 0.6) is 0 Å². The van der Waals surface area contributed by atoms with Crippen LogP contribution in [0.4, 0.5) is 11.4 Å². The number of carbonyl (C=O) groups excluding carboxylic acids is 2. The van der Waals surface area contributed by atoms with Gasteiger partial charge in [-0.3, -0.25) is 9.59 Å². The van der Waals surface area contributed by atoms with E-state index in [0.29, 0.717) is 16.8 Å². The Kier molecular flexibility index (Phi) is 4.11. The molecule has 0 aromatic heterocycles. The van der Waals surface area contributed by atoms with Gasteiger partial charge in [-0.1, -0.05) is 32.8 Å². The van der Waals surface area contributed by atoms with Gasteiger partial charge in [0, 0.05) is 22.5 Å². The molecule has 128 valence electrons. The number of carbonyl (C=O) groups is 2. The zero-order valence-electron chi connectivity index (χ0n) is 17.8. The lowest BCUT2D eigenvalue weighted by molar-refractivity contribution is -0.110. The molecular formula is C16H18B8N2O2. The highest BCUT2D eigenvalue weighted by molar-refractivity contribution is 6.68. The zero-order chi connectivity index (χ0) is 20.7. The maximum atomic E-state index is 13.4. The second kappa shape index (κ2) is 6.07. The van der Waals surface area contributed by atoms with Gasteiger partial charge in [0.2, 0.25) is 5.78 Å². The molecule has 0 bridgehead atoms. The summed E-state index contributed by atoms with van der Waals surface area (Å²) in [6, 6.07) is 0. The number of Topliss-reactive ketones (excluding diaryl/α,β-unsaturated/α-hetero) is 1. The van der Waals surface area contributed by atoms with Crippen LogP contribution in [0.2, 0.25) is 0 Å². The molecule has 28 heavy (non-hydrogen) atoms. The lowest BCUT2D eigenvalue weighted by Gasteiger charge is -2.16. The molecule has 2 aromatic carbocycles. The fourth-order valence-electron chi connectivity index (χ4n) is 4.54. The van der Waals surface area contributed by atoms with E-state index in [2.05, 4.69) is 34.2 Å². The molecule has 2 heterocycles. The van der Waals surface area contributed by atoms with Crippen LogP contribution in [-0.2, 0) is 4.79 Å². The maximum absolute atomic E-state index is 13.4. The number of ketones is 1. The highest BCUT2D eigenvalue weighted by atomic mass is 16.2. The number of hydrogen-bond acceptors (Lipinski definition) is 3. The zero-order valence-corrected chi connectivity index (χ0v) is 17.8. The van der Waals surface area contributed by atoms with E-state index in [9.17, 15) is 9.59 Å². The highest BCUT2D eigenvalue weighted by Crippen LogP contribution is 2.35. The molecule has 2 aromatic rings. The van der Waals surface area contributed by atoms with Crippen LogP contribution in [0.1, 0.15) is 15.9 Å². The summed E-state index contributed by atoms with van der Waals surface area (Å²) in [7, 11) is 16.3. The molecule has 0 aliphatic carbocycles. The van der Waals surface area contributed by atoms with Crippen LogP contribution in [0, 0.1) is 0 Å². The van der Waals surface area contributed by atoms with Gasteiger partial charge in [-0.25, -0.2) is 0 Å². The number of amides is 1. The third-order valence-electron chi connectivity index (χ3n) is 7.04. The Morgan fingerprint density at radius 1 is 0.500 bits per heavy atom. The topological polar surface area (TPSA) is 58.2 Å². The maximum Gasteiger partial charge on any atom is 0.258 e. The average Bonchev–Trinajstić information content (AvgIpc) is 3.18. The number of rotatable bonds is 0. The Bertz CT molecular complexity index is 1190. The van der Waals surface area contributed by atoms with E-state index in [1.165, 1.54) is 10.9 Å². The normalized spacial score (nSPS) is 17.3. The fraction of sp³-hybridized carbons (Fsp3) is 0. The van der Waals surface area contributed by atoms with Crippen molar-refractivity contribution < 1.29 is 9.59 Å². The lowest BCUT2D eigenvalue weighted by Crippen LogP contribution is -2.49. The van der Waals surface area contributed by atoms with E-state index >= 15 is 0 Å². The Balaban J connectivity index is 2.04. The van der Waals surface area contributed by atoms with Crippen molar-refractivity contribution in [2.24, 2.45) is 0 Å². The van der Waals surface area contributed by atoms with E-state index in [1.807, 2.05) is 39.2 Å². The second-order valence-electron chi connectivity index (χ2n) is 8.16. The monoisotopic (exact) mass is 358 g/mol. The fourth-order valence-corrected chi connectivity index (χ4v) is 4.54. The van der Waals surface area contributed by atoms with Gasteiger partial charge in [-0.15, -0.1) is 10.9 Å². The number of hydrogen-bond donors (Lipinski definition) is 2. The number of nitrogens with one attached hydrogen (secondary N) is 2. The quantitative estimate of drug-likeness (QED) is 0.364. The summed E-state index contributed by atoms with van der Waals surface area (Å²) in [5.74, 6) is -0.300. The summed E-state index contributed by atoms with van der Waals surface area (Å²) >= 11 is 0. The molecule has 12 heteroatoms. The molecule has 0 spiro atoms. The second-order valence-corrected chi connectivity index (χ2v) is 8.16. The van der Waals surface area contributed by atoms with Gasteiger partial charge in [-0.2, -0.15) is 0 Å². The molecule has 0 radical (unpaired) electrons. The Morgan fingerprint density at radius 2 is 0.929 bits per heavy atom. The van der Waals surface area contributed by atoms with Crippen molar-refractivity contribution in [3.05, 3.63) is 16.8 Å². The largest absolute Gasteiger partial charge is 0.352 e. The van der Waals surface area contributed by atoms with Crippen LogP contribution in [0.25, 0.3) is 5.57 Å². The van der Waals surface area contributed by atoms with Crippen LogP contribution in [-0.4, -0.2) is 74.5 Å². The number of anilines is 2. The first-order valence-electron chi connectivity index (χ1n) is 9.66. The minimum absolute atomic E-state index is 0.0908. The van der Waals surface area contributed by atoms with Gasteiger partial charge < -0.3 is 10.6 Å². The third-order valence-corrected chi connectivity index (χ3v) is 7.04. The molecule has 0 saturated heterocycles. The Hall–Kier alpha value is -2.36. The van der Waals surface area contributed by atoms with Gasteiger partial charge >= 0.3 is 0 Å². The van der Waals surface area contributed by atoms with Crippen molar-refractivity contribution in [1.29, 1.82) is 0 Å². The van der Waals surface area contributed by atoms with Crippen molar-refractivity contribution in [3.63, 3.8) is 0 Å². The first kappa shape index (κ1) is 19.0. The standard InChI is InChI=1S/C16H18B8N2O2/c17-4-1-2(16(28)26-12(1)10(23)8(21)6(4)19)14-15(27)3-5(18)7(20)9(22)11(24)13(3)25-14/h25H,17-24H2,(H,26,28)/b14-2-. The molecule has 0 fully saturated rings. The molecule has 4 nitrogen and oxygen atoms in total. The van der Waals surface area contributed by atoms with Crippen LogP contribution < -0.4 is 54.3 Å². The Morgan fingerprint density at radius 3 is 1.46 bits per heavy atom. The third kappa shape index (κ3) is 2.23. The lowest BCUT2D eigenvalue weighted by atomic mass is 9.64. The summed E-state index contributed by atoms with van der Waals surface area (Å²) in [4.78, 5) is 26.4. The molecule has 1 amide bonds. The molecule has 0 atom stereocenters. The smallest absolute Gasteiger partial charge is 0.258 e. The van der Waals surface area contributed by atoms with Crippen molar-refractivity contribution in [1.82, 2.24) is 0 Å². The molecule has 2 aliphatic rings. The van der Waals surface area contributed by atoms with Crippen LogP contribution in [0.15, 0.2) is 5.70 Å². The molecule has 0 saturated carbocycles. The SMILES string of the molecule is Bc1c(B)c(B)c2c(c1B)N/C(=C1\C(=O)Nc3c(B)c(B)c(B)c(B)c31)C2=O. The number of allylic oxidation sites excluding steroid dienone is 1. The summed E-state index contributed by atoms with van der Waals surface area (Å²) in [5, 5.41) is 6.34.